The van der Waals surface area contributed by atoms with Crippen molar-refractivity contribution in [1.82, 2.24) is 4.90 Å². The lowest BCUT2D eigenvalue weighted by Crippen LogP contribution is -2.30. The standard InChI is InChI=1S/C22H31NO7/c1-5-29-19(24)7-6-16-13-17-15(2)12-20(25)30-22(17)18(21(16)26)14-23(8-10-27-3)9-11-28-4/h12-13,26H,5-11,14H2,1-4H3. The summed E-state index contributed by atoms with van der Waals surface area (Å²) in [6, 6.07) is 3.20. The summed E-state index contributed by atoms with van der Waals surface area (Å²) in [6.45, 7) is 6.47. The van der Waals surface area contributed by atoms with Crippen molar-refractivity contribution in [3.8, 4) is 5.75 Å². The van der Waals surface area contributed by atoms with Gasteiger partial charge in [0.05, 0.1) is 25.4 Å². The van der Waals surface area contributed by atoms with Crippen LogP contribution in [0.5, 0.6) is 5.75 Å². The molecule has 8 nitrogen and oxygen atoms in total. The van der Waals surface area contributed by atoms with Gasteiger partial charge in [-0.3, -0.25) is 9.69 Å². The summed E-state index contributed by atoms with van der Waals surface area (Å²) in [7, 11) is 3.25. The number of esters is 1. The van der Waals surface area contributed by atoms with Gasteiger partial charge in [-0.1, -0.05) is 0 Å². The molecule has 2 rings (SSSR count). The minimum Gasteiger partial charge on any atom is -0.507 e. The molecule has 1 N–H and O–H groups in total. The second-order valence-electron chi connectivity index (χ2n) is 7.05. The predicted molar refractivity (Wildman–Crippen MR) is 113 cm³/mol. The molecule has 0 unspecified atom stereocenters. The van der Waals surface area contributed by atoms with Crippen molar-refractivity contribution < 1.29 is 28.5 Å². The smallest absolute Gasteiger partial charge is 0.336 e. The summed E-state index contributed by atoms with van der Waals surface area (Å²) >= 11 is 0. The summed E-state index contributed by atoms with van der Waals surface area (Å²) < 4.78 is 20.9. The molecule has 0 aliphatic rings. The average Bonchev–Trinajstić information content (AvgIpc) is 2.71. The van der Waals surface area contributed by atoms with E-state index in [1.54, 1.807) is 27.2 Å². The molecule has 0 fully saturated rings. The van der Waals surface area contributed by atoms with Crippen LogP contribution < -0.4 is 5.63 Å². The van der Waals surface area contributed by atoms with Crippen LogP contribution in [0.4, 0.5) is 0 Å². The van der Waals surface area contributed by atoms with Gasteiger partial charge in [-0.2, -0.15) is 0 Å². The zero-order chi connectivity index (χ0) is 22.1. The first kappa shape index (κ1) is 23.9. The number of carbonyl (C=O) groups is 1. The van der Waals surface area contributed by atoms with E-state index in [9.17, 15) is 14.7 Å². The molecule has 1 aromatic heterocycles. The Hall–Kier alpha value is -2.42. The lowest BCUT2D eigenvalue weighted by atomic mass is 9.98. The molecular weight excluding hydrogens is 390 g/mol. The Labute approximate surface area is 176 Å². The monoisotopic (exact) mass is 421 g/mol. The highest BCUT2D eigenvalue weighted by Crippen LogP contribution is 2.34. The zero-order valence-corrected chi connectivity index (χ0v) is 18.2. The van der Waals surface area contributed by atoms with Gasteiger partial charge in [-0.25, -0.2) is 4.79 Å². The second kappa shape index (κ2) is 11.7. The van der Waals surface area contributed by atoms with E-state index >= 15 is 0 Å². The summed E-state index contributed by atoms with van der Waals surface area (Å²) in [5.74, 6) is -0.294. The van der Waals surface area contributed by atoms with Gasteiger partial charge in [0.15, 0.2) is 0 Å². The third kappa shape index (κ3) is 6.29. The van der Waals surface area contributed by atoms with E-state index in [-0.39, 0.29) is 18.1 Å². The maximum absolute atomic E-state index is 12.0. The number of aryl methyl sites for hydroxylation is 2. The van der Waals surface area contributed by atoms with Crippen LogP contribution in [-0.4, -0.2) is 63.1 Å². The van der Waals surface area contributed by atoms with Crippen molar-refractivity contribution in [3.63, 3.8) is 0 Å². The van der Waals surface area contributed by atoms with Crippen LogP contribution in [0.25, 0.3) is 11.0 Å². The molecule has 0 aliphatic carbocycles. The number of carbonyl (C=O) groups excluding carboxylic acids is 1. The fraction of sp³-hybridized carbons (Fsp3) is 0.545. The Morgan fingerprint density at radius 1 is 1.17 bits per heavy atom. The molecule has 0 atom stereocenters. The number of benzene rings is 1. The number of phenols is 1. The first-order valence-corrected chi connectivity index (χ1v) is 10.0. The zero-order valence-electron chi connectivity index (χ0n) is 18.2. The first-order chi connectivity index (χ1) is 14.4. The van der Waals surface area contributed by atoms with E-state index in [0.29, 0.717) is 62.6 Å². The van der Waals surface area contributed by atoms with Crippen molar-refractivity contribution in [3.05, 3.63) is 39.2 Å². The lowest BCUT2D eigenvalue weighted by molar-refractivity contribution is -0.143. The summed E-state index contributed by atoms with van der Waals surface area (Å²) in [5, 5.41) is 11.7. The molecule has 2 aromatic rings. The average molecular weight is 421 g/mol. The van der Waals surface area contributed by atoms with Gasteiger partial charge in [-0.15, -0.1) is 0 Å². The fourth-order valence-electron chi connectivity index (χ4n) is 3.31. The van der Waals surface area contributed by atoms with Crippen molar-refractivity contribution in [2.45, 2.75) is 33.2 Å². The summed E-state index contributed by atoms with van der Waals surface area (Å²) in [6.07, 6.45) is 0.474. The number of fused-ring (bicyclic) bond motifs is 1. The van der Waals surface area contributed by atoms with Crippen LogP contribution in [0.2, 0.25) is 0 Å². The quantitative estimate of drug-likeness (QED) is 0.412. The van der Waals surface area contributed by atoms with Gasteiger partial charge in [0.1, 0.15) is 11.3 Å². The Kier molecular flexibility index (Phi) is 9.29. The van der Waals surface area contributed by atoms with Gasteiger partial charge in [0, 0.05) is 51.7 Å². The minimum absolute atomic E-state index is 0.0281. The van der Waals surface area contributed by atoms with Gasteiger partial charge >= 0.3 is 11.6 Å². The molecule has 1 aromatic carbocycles. The van der Waals surface area contributed by atoms with Gasteiger partial charge in [0.25, 0.3) is 0 Å². The van der Waals surface area contributed by atoms with Crippen molar-refractivity contribution >= 4 is 16.9 Å². The second-order valence-corrected chi connectivity index (χ2v) is 7.05. The molecule has 0 saturated carbocycles. The number of hydrogen-bond donors (Lipinski definition) is 1. The number of aromatic hydroxyl groups is 1. The van der Waals surface area contributed by atoms with Crippen LogP contribution in [0.1, 0.15) is 30.0 Å². The lowest BCUT2D eigenvalue weighted by Gasteiger charge is -2.23. The third-order valence-corrected chi connectivity index (χ3v) is 4.90. The number of rotatable bonds is 12. The van der Waals surface area contributed by atoms with Crippen LogP contribution in [0.15, 0.2) is 21.3 Å². The molecule has 0 aliphatic heterocycles. The summed E-state index contributed by atoms with van der Waals surface area (Å²) in [4.78, 5) is 25.9. The molecule has 0 spiro atoms. The number of nitrogens with zero attached hydrogens (tertiary/aromatic N) is 1. The highest BCUT2D eigenvalue weighted by molar-refractivity contribution is 5.86. The number of phenolic OH excluding ortho intramolecular Hbond substituents is 1. The molecule has 0 radical (unpaired) electrons. The fourth-order valence-corrected chi connectivity index (χ4v) is 3.31. The predicted octanol–water partition coefficient (Wildman–Crippen LogP) is 2.40. The van der Waals surface area contributed by atoms with E-state index in [1.807, 2.05) is 6.92 Å². The van der Waals surface area contributed by atoms with E-state index in [4.69, 9.17) is 18.6 Å². The van der Waals surface area contributed by atoms with Crippen molar-refractivity contribution in [1.29, 1.82) is 0 Å². The molecule has 0 saturated heterocycles. The molecule has 166 valence electrons. The molecular formula is C22H31NO7. The summed E-state index contributed by atoms with van der Waals surface area (Å²) in [5.41, 5.74) is 1.76. The highest BCUT2D eigenvalue weighted by atomic mass is 16.5. The van der Waals surface area contributed by atoms with Gasteiger partial charge in [-0.05, 0) is 37.5 Å². The van der Waals surface area contributed by atoms with E-state index < -0.39 is 5.63 Å². The van der Waals surface area contributed by atoms with E-state index in [0.717, 1.165) is 10.9 Å². The van der Waals surface area contributed by atoms with Crippen LogP contribution in [0, 0.1) is 6.92 Å². The Balaban J connectivity index is 2.48. The maximum atomic E-state index is 12.0. The van der Waals surface area contributed by atoms with E-state index in [1.165, 1.54) is 6.07 Å². The highest BCUT2D eigenvalue weighted by Gasteiger charge is 2.20. The SMILES string of the molecule is CCOC(=O)CCc1cc2c(C)cc(=O)oc2c(CN(CCOC)CCOC)c1O. The topological polar surface area (TPSA) is 98.4 Å². The Morgan fingerprint density at radius 2 is 1.83 bits per heavy atom. The van der Waals surface area contributed by atoms with Crippen LogP contribution in [0.3, 0.4) is 0 Å². The van der Waals surface area contributed by atoms with Crippen molar-refractivity contribution in [2.75, 3.05) is 47.1 Å². The normalized spacial score (nSPS) is 11.4. The molecule has 8 heteroatoms. The van der Waals surface area contributed by atoms with Crippen LogP contribution in [-0.2, 0) is 32.0 Å². The maximum Gasteiger partial charge on any atom is 0.336 e. The number of methoxy groups -OCH3 is 2. The Morgan fingerprint density at radius 3 is 2.43 bits per heavy atom. The minimum atomic E-state index is -0.472. The van der Waals surface area contributed by atoms with E-state index in [2.05, 4.69) is 4.90 Å². The number of hydrogen-bond acceptors (Lipinski definition) is 8. The molecule has 1 heterocycles. The largest absolute Gasteiger partial charge is 0.507 e. The molecule has 0 amide bonds. The third-order valence-electron chi connectivity index (χ3n) is 4.90. The van der Waals surface area contributed by atoms with Crippen molar-refractivity contribution in [2.24, 2.45) is 0 Å². The Bertz CT molecular complexity index is 898. The van der Waals surface area contributed by atoms with Crippen LogP contribution >= 0.6 is 0 Å². The molecule has 0 bridgehead atoms. The first-order valence-electron chi connectivity index (χ1n) is 10.0. The molecule has 30 heavy (non-hydrogen) atoms. The van der Waals surface area contributed by atoms with Gasteiger partial charge < -0.3 is 23.7 Å². The number of ether oxygens (including phenoxy) is 3. The van der Waals surface area contributed by atoms with Gasteiger partial charge in [0.2, 0.25) is 0 Å².